The second-order valence-corrected chi connectivity index (χ2v) is 4.45. The summed E-state index contributed by atoms with van der Waals surface area (Å²) in [6.07, 6.45) is 2.83. The van der Waals surface area contributed by atoms with E-state index >= 15 is 0 Å². The standard InChI is InChI=1S/C13H17NO2/c1-14-7-3-5-11(14)9-13(16)10-4-2-6-12(15)8-10/h2,4,6,8,11,15H,3,5,7,9H2,1H3. The van der Waals surface area contributed by atoms with Crippen LogP contribution in [0.4, 0.5) is 0 Å². The highest BCUT2D eigenvalue weighted by Gasteiger charge is 2.23. The molecule has 0 aromatic heterocycles. The molecule has 3 heteroatoms. The SMILES string of the molecule is CN1CCCC1CC(=O)c1cccc(O)c1. The van der Waals surface area contributed by atoms with Gasteiger partial charge in [0.25, 0.3) is 0 Å². The van der Waals surface area contributed by atoms with Crippen molar-refractivity contribution in [2.45, 2.75) is 25.3 Å². The first kappa shape index (κ1) is 11.1. The molecule has 1 fully saturated rings. The lowest BCUT2D eigenvalue weighted by Crippen LogP contribution is -2.27. The van der Waals surface area contributed by atoms with E-state index in [4.69, 9.17) is 0 Å². The van der Waals surface area contributed by atoms with Crippen molar-refractivity contribution >= 4 is 5.78 Å². The Morgan fingerprint density at radius 1 is 1.56 bits per heavy atom. The summed E-state index contributed by atoms with van der Waals surface area (Å²) in [6.45, 7) is 1.08. The van der Waals surface area contributed by atoms with E-state index in [0.717, 1.165) is 13.0 Å². The monoisotopic (exact) mass is 219 g/mol. The average Bonchev–Trinajstić information content (AvgIpc) is 2.64. The third-order valence-corrected chi connectivity index (χ3v) is 3.26. The van der Waals surface area contributed by atoms with Crippen LogP contribution in [0.3, 0.4) is 0 Å². The van der Waals surface area contributed by atoms with Crippen molar-refractivity contribution in [3.63, 3.8) is 0 Å². The molecule has 1 aromatic rings. The van der Waals surface area contributed by atoms with E-state index in [0.29, 0.717) is 18.0 Å². The summed E-state index contributed by atoms with van der Waals surface area (Å²) in [7, 11) is 2.06. The highest BCUT2D eigenvalue weighted by Crippen LogP contribution is 2.21. The number of aromatic hydroxyl groups is 1. The molecule has 0 aliphatic carbocycles. The summed E-state index contributed by atoms with van der Waals surface area (Å²) in [6, 6.07) is 6.96. The largest absolute Gasteiger partial charge is 0.508 e. The van der Waals surface area contributed by atoms with Crippen LogP contribution in [0.5, 0.6) is 5.75 Å². The zero-order chi connectivity index (χ0) is 11.5. The van der Waals surface area contributed by atoms with E-state index in [2.05, 4.69) is 11.9 Å². The molecule has 1 aliphatic rings. The van der Waals surface area contributed by atoms with Crippen molar-refractivity contribution < 1.29 is 9.90 Å². The van der Waals surface area contributed by atoms with E-state index in [1.54, 1.807) is 18.2 Å². The van der Waals surface area contributed by atoms with Gasteiger partial charge in [0.2, 0.25) is 0 Å². The van der Waals surface area contributed by atoms with Crippen molar-refractivity contribution in [3.8, 4) is 5.75 Å². The second kappa shape index (κ2) is 4.66. The quantitative estimate of drug-likeness (QED) is 0.791. The van der Waals surface area contributed by atoms with Gasteiger partial charge in [-0.15, -0.1) is 0 Å². The Hall–Kier alpha value is -1.35. The molecule has 0 bridgehead atoms. The molecule has 3 nitrogen and oxygen atoms in total. The van der Waals surface area contributed by atoms with E-state index in [-0.39, 0.29) is 11.5 Å². The molecule has 2 rings (SSSR count). The molecular weight excluding hydrogens is 202 g/mol. The van der Waals surface area contributed by atoms with E-state index in [1.165, 1.54) is 12.5 Å². The minimum absolute atomic E-state index is 0.120. The smallest absolute Gasteiger partial charge is 0.164 e. The summed E-state index contributed by atoms with van der Waals surface area (Å²) < 4.78 is 0. The van der Waals surface area contributed by atoms with Crippen LogP contribution in [0.25, 0.3) is 0 Å². The van der Waals surface area contributed by atoms with Crippen LogP contribution < -0.4 is 0 Å². The van der Waals surface area contributed by atoms with Gasteiger partial charge in [0.15, 0.2) is 5.78 Å². The fourth-order valence-corrected chi connectivity index (χ4v) is 2.25. The summed E-state index contributed by atoms with van der Waals surface area (Å²) in [5, 5.41) is 9.31. The van der Waals surface area contributed by atoms with E-state index < -0.39 is 0 Å². The maximum Gasteiger partial charge on any atom is 0.164 e. The van der Waals surface area contributed by atoms with Gasteiger partial charge in [-0.25, -0.2) is 0 Å². The van der Waals surface area contributed by atoms with Gasteiger partial charge in [-0.1, -0.05) is 12.1 Å². The number of likely N-dealkylation sites (tertiary alicyclic amines) is 1. The molecule has 0 spiro atoms. The van der Waals surface area contributed by atoms with Crippen LogP contribution in [-0.4, -0.2) is 35.4 Å². The lowest BCUT2D eigenvalue weighted by atomic mass is 10.0. The molecule has 0 saturated carbocycles. The number of phenolic OH excluding ortho intramolecular Hbond substituents is 1. The van der Waals surface area contributed by atoms with Gasteiger partial charge in [0, 0.05) is 18.0 Å². The van der Waals surface area contributed by atoms with Crippen LogP contribution in [0.2, 0.25) is 0 Å². The van der Waals surface area contributed by atoms with Crippen molar-refractivity contribution in [1.29, 1.82) is 0 Å². The van der Waals surface area contributed by atoms with Crippen LogP contribution >= 0.6 is 0 Å². The number of hydrogen-bond acceptors (Lipinski definition) is 3. The van der Waals surface area contributed by atoms with Gasteiger partial charge in [0.1, 0.15) is 5.75 Å². The number of Topliss-reactive ketones (excluding diaryl/α,β-unsaturated/α-hetero) is 1. The second-order valence-electron chi connectivity index (χ2n) is 4.45. The average molecular weight is 219 g/mol. The molecular formula is C13H17NO2. The lowest BCUT2D eigenvalue weighted by Gasteiger charge is -2.18. The van der Waals surface area contributed by atoms with E-state index in [9.17, 15) is 9.90 Å². The predicted octanol–water partition coefficient (Wildman–Crippen LogP) is 2.06. The van der Waals surface area contributed by atoms with Gasteiger partial charge in [-0.2, -0.15) is 0 Å². The first-order valence-electron chi connectivity index (χ1n) is 5.69. The van der Waals surface area contributed by atoms with Crippen LogP contribution in [0, 0.1) is 0 Å². The Morgan fingerprint density at radius 3 is 3.00 bits per heavy atom. The predicted molar refractivity (Wildman–Crippen MR) is 62.7 cm³/mol. The molecule has 1 saturated heterocycles. The number of carbonyl (C=O) groups excluding carboxylic acids is 1. The normalized spacial score (nSPS) is 21.2. The summed E-state index contributed by atoms with van der Waals surface area (Å²) >= 11 is 0. The molecule has 1 atom stereocenters. The number of ketones is 1. The third kappa shape index (κ3) is 2.42. The number of hydrogen-bond donors (Lipinski definition) is 1. The van der Waals surface area contributed by atoms with Gasteiger partial charge in [-0.05, 0) is 38.6 Å². The molecule has 1 heterocycles. The van der Waals surface area contributed by atoms with Gasteiger partial charge < -0.3 is 10.0 Å². The number of rotatable bonds is 3. The highest BCUT2D eigenvalue weighted by atomic mass is 16.3. The zero-order valence-corrected chi connectivity index (χ0v) is 9.52. The molecule has 0 amide bonds. The van der Waals surface area contributed by atoms with Crippen LogP contribution in [-0.2, 0) is 0 Å². The maximum atomic E-state index is 12.0. The number of nitrogens with zero attached hydrogens (tertiary/aromatic N) is 1. The van der Waals surface area contributed by atoms with E-state index in [1.807, 2.05) is 0 Å². The number of carbonyl (C=O) groups is 1. The first-order chi connectivity index (χ1) is 7.66. The van der Waals surface area contributed by atoms with Gasteiger partial charge in [0.05, 0.1) is 0 Å². The summed E-state index contributed by atoms with van der Waals surface area (Å²) in [5.74, 6) is 0.278. The molecule has 0 radical (unpaired) electrons. The van der Waals surface area contributed by atoms with Gasteiger partial charge in [-0.3, -0.25) is 4.79 Å². The fourth-order valence-electron chi connectivity index (χ4n) is 2.25. The minimum Gasteiger partial charge on any atom is -0.508 e. The first-order valence-corrected chi connectivity index (χ1v) is 5.69. The fraction of sp³-hybridized carbons (Fsp3) is 0.462. The topological polar surface area (TPSA) is 40.5 Å². The zero-order valence-electron chi connectivity index (χ0n) is 9.52. The Bertz CT molecular complexity index is 389. The lowest BCUT2D eigenvalue weighted by molar-refractivity contribution is 0.0950. The minimum atomic E-state index is 0.120. The molecule has 1 N–H and O–H groups in total. The molecule has 1 aromatic carbocycles. The summed E-state index contributed by atoms with van der Waals surface area (Å²) in [4.78, 5) is 14.2. The Kier molecular flexibility index (Phi) is 3.25. The summed E-state index contributed by atoms with van der Waals surface area (Å²) in [5.41, 5.74) is 0.611. The number of phenols is 1. The van der Waals surface area contributed by atoms with Crippen molar-refractivity contribution in [1.82, 2.24) is 4.90 Å². The van der Waals surface area contributed by atoms with Crippen LogP contribution in [0.15, 0.2) is 24.3 Å². The molecule has 16 heavy (non-hydrogen) atoms. The Balaban J connectivity index is 2.03. The van der Waals surface area contributed by atoms with Gasteiger partial charge >= 0.3 is 0 Å². The van der Waals surface area contributed by atoms with Crippen molar-refractivity contribution in [2.75, 3.05) is 13.6 Å². The Morgan fingerprint density at radius 2 is 2.38 bits per heavy atom. The van der Waals surface area contributed by atoms with Crippen LogP contribution in [0.1, 0.15) is 29.6 Å². The maximum absolute atomic E-state index is 12.0. The number of benzene rings is 1. The Labute approximate surface area is 95.7 Å². The molecule has 86 valence electrons. The van der Waals surface area contributed by atoms with Crippen molar-refractivity contribution in [3.05, 3.63) is 29.8 Å². The molecule has 1 aliphatic heterocycles. The highest BCUT2D eigenvalue weighted by molar-refractivity contribution is 5.96. The third-order valence-electron chi connectivity index (χ3n) is 3.26. The van der Waals surface area contributed by atoms with Crippen molar-refractivity contribution in [2.24, 2.45) is 0 Å². The molecule has 1 unspecified atom stereocenters.